The third kappa shape index (κ3) is 8.41. The van der Waals surface area contributed by atoms with Crippen molar-refractivity contribution in [1.82, 2.24) is 10.6 Å². The van der Waals surface area contributed by atoms with Crippen LogP contribution in [0.25, 0.3) is 0 Å². The standard InChI is InChI=1S/C19H28ClN3O4/c1-11(2)8-16(19(26)27)23-17(24)9-14(10-22-18(25)12(3)21)13-4-6-15(20)7-5-13/h4-7,11-12,14,16H,8-10,21H2,1-3H3,(H,22,25)(H,23,24)(H,26,27). The van der Waals surface area contributed by atoms with E-state index in [1.54, 1.807) is 31.2 Å². The van der Waals surface area contributed by atoms with Crippen LogP contribution in [0.5, 0.6) is 0 Å². The Morgan fingerprint density at radius 1 is 1.15 bits per heavy atom. The predicted octanol–water partition coefficient (Wildman–Crippen LogP) is 1.89. The number of carbonyl (C=O) groups excluding carboxylic acids is 2. The number of halogens is 1. The van der Waals surface area contributed by atoms with Crippen LogP contribution < -0.4 is 16.4 Å². The summed E-state index contributed by atoms with van der Waals surface area (Å²) in [6, 6.07) is 5.36. The van der Waals surface area contributed by atoms with Gasteiger partial charge in [-0.3, -0.25) is 9.59 Å². The highest BCUT2D eigenvalue weighted by Crippen LogP contribution is 2.21. The molecule has 0 bridgehead atoms. The molecule has 5 N–H and O–H groups in total. The quantitative estimate of drug-likeness (QED) is 0.480. The Labute approximate surface area is 164 Å². The van der Waals surface area contributed by atoms with Gasteiger partial charge in [0, 0.05) is 23.9 Å². The highest BCUT2D eigenvalue weighted by atomic mass is 35.5. The summed E-state index contributed by atoms with van der Waals surface area (Å²) in [4.78, 5) is 35.6. The molecule has 0 fully saturated rings. The molecule has 3 unspecified atom stereocenters. The van der Waals surface area contributed by atoms with Crippen LogP contribution in [-0.2, 0) is 14.4 Å². The average molecular weight is 398 g/mol. The molecule has 0 aliphatic heterocycles. The molecule has 1 aromatic rings. The number of nitrogens with two attached hydrogens (primary N) is 1. The van der Waals surface area contributed by atoms with Crippen LogP contribution in [0.1, 0.15) is 45.1 Å². The third-order valence-electron chi connectivity index (χ3n) is 4.05. The average Bonchev–Trinajstić information content (AvgIpc) is 2.57. The first kappa shape index (κ1) is 22.9. The van der Waals surface area contributed by atoms with Gasteiger partial charge < -0.3 is 21.5 Å². The van der Waals surface area contributed by atoms with Gasteiger partial charge in [-0.25, -0.2) is 4.79 Å². The van der Waals surface area contributed by atoms with E-state index in [4.69, 9.17) is 17.3 Å². The summed E-state index contributed by atoms with van der Waals surface area (Å²) in [5.41, 5.74) is 6.37. The minimum Gasteiger partial charge on any atom is -0.480 e. The molecule has 1 rings (SSSR count). The summed E-state index contributed by atoms with van der Waals surface area (Å²) in [7, 11) is 0. The van der Waals surface area contributed by atoms with Crippen molar-refractivity contribution >= 4 is 29.4 Å². The van der Waals surface area contributed by atoms with Crippen molar-refractivity contribution in [2.24, 2.45) is 11.7 Å². The lowest BCUT2D eigenvalue weighted by atomic mass is 9.94. The van der Waals surface area contributed by atoms with E-state index in [9.17, 15) is 19.5 Å². The fraction of sp³-hybridized carbons (Fsp3) is 0.526. The molecule has 150 valence electrons. The van der Waals surface area contributed by atoms with E-state index in [0.717, 1.165) is 5.56 Å². The monoisotopic (exact) mass is 397 g/mol. The molecule has 0 aliphatic carbocycles. The van der Waals surface area contributed by atoms with Crippen molar-refractivity contribution < 1.29 is 19.5 Å². The van der Waals surface area contributed by atoms with E-state index in [1.807, 2.05) is 13.8 Å². The van der Waals surface area contributed by atoms with E-state index < -0.39 is 24.0 Å². The SMILES string of the molecule is CC(C)CC(NC(=O)CC(CNC(=O)C(C)N)c1ccc(Cl)cc1)C(=O)O. The highest BCUT2D eigenvalue weighted by Gasteiger charge is 2.24. The van der Waals surface area contributed by atoms with Crippen molar-refractivity contribution in [2.75, 3.05) is 6.54 Å². The van der Waals surface area contributed by atoms with Crippen LogP contribution in [0.15, 0.2) is 24.3 Å². The van der Waals surface area contributed by atoms with Crippen LogP contribution in [0.3, 0.4) is 0 Å². The second-order valence-electron chi connectivity index (χ2n) is 7.07. The summed E-state index contributed by atoms with van der Waals surface area (Å²) in [5.74, 6) is -1.98. The molecule has 27 heavy (non-hydrogen) atoms. The van der Waals surface area contributed by atoms with Crippen molar-refractivity contribution in [2.45, 2.75) is 51.6 Å². The number of aliphatic carboxylic acids is 1. The molecule has 0 heterocycles. The van der Waals surface area contributed by atoms with Crippen LogP contribution in [0.2, 0.25) is 5.02 Å². The lowest BCUT2D eigenvalue weighted by Crippen LogP contribution is -2.43. The number of nitrogens with one attached hydrogen (secondary N) is 2. The van der Waals surface area contributed by atoms with Crippen LogP contribution in [0.4, 0.5) is 0 Å². The zero-order valence-electron chi connectivity index (χ0n) is 15.9. The Kier molecular flexibility index (Phi) is 9.25. The molecule has 1 aromatic carbocycles. The fourth-order valence-electron chi connectivity index (χ4n) is 2.60. The van der Waals surface area contributed by atoms with Gasteiger partial charge in [-0.1, -0.05) is 37.6 Å². The fourth-order valence-corrected chi connectivity index (χ4v) is 2.72. The van der Waals surface area contributed by atoms with Gasteiger partial charge in [0.25, 0.3) is 0 Å². The molecule has 8 heteroatoms. The first-order valence-corrected chi connectivity index (χ1v) is 9.28. The van der Waals surface area contributed by atoms with E-state index in [1.165, 1.54) is 0 Å². The van der Waals surface area contributed by atoms with E-state index in [2.05, 4.69) is 10.6 Å². The second kappa shape index (κ2) is 10.9. The smallest absolute Gasteiger partial charge is 0.326 e. The topological polar surface area (TPSA) is 122 Å². The molecule has 0 saturated heterocycles. The van der Waals surface area contributed by atoms with Gasteiger partial charge in [-0.05, 0) is 37.0 Å². The molecule has 0 aromatic heterocycles. The van der Waals surface area contributed by atoms with Crippen LogP contribution >= 0.6 is 11.6 Å². The van der Waals surface area contributed by atoms with Gasteiger partial charge in [-0.2, -0.15) is 0 Å². The maximum absolute atomic E-state index is 12.4. The number of carboxylic acids is 1. The van der Waals surface area contributed by atoms with Crippen molar-refractivity contribution in [1.29, 1.82) is 0 Å². The first-order chi connectivity index (χ1) is 12.6. The Hall–Kier alpha value is -2.12. The van der Waals surface area contributed by atoms with E-state index in [-0.39, 0.29) is 30.7 Å². The summed E-state index contributed by atoms with van der Waals surface area (Å²) in [6.45, 7) is 5.56. The third-order valence-corrected chi connectivity index (χ3v) is 4.30. The molecule has 7 nitrogen and oxygen atoms in total. The molecule has 0 saturated carbocycles. The van der Waals surface area contributed by atoms with Gasteiger partial charge in [0.2, 0.25) is 11.8 Å². The molecule has 0 aliphatic rings. The second-order valence-corrected chi connectivity index (χ2v) is 7.51. The molecule has 0 radical (unpaired) electrons. The largest absolute Gasteiger partial charge is 0.480 e. The molecule has 3 atom stereocenters. The minimum atomic E-state index is -1.06. The summed E-state index contributed by atoms with van der Waals surface area (Å²) >= 11 is 5.91. The van der Waals surface area contributed by atoms with Crippen molar-refractivity contribution in [3.8, 4) is 0 Å². The van der Waals surface area contributed by atoms with E-state index in [0.29, 0.717) is 11.4 Å². The Bertz CT molecular complexity index is 647. The van der Waals surface area contributed by atoms with Gasteiger partial charge in [0.15, 0.2) is 0 Å². The normalized spacial score (nSPS) is 14.3. The number of hydrogen-bond donors (Lipinski definition) is 4. The first-order valence-electron chi connectivity index (χ1n) is 8.91. The van der Waals surface area contributed by atoms with E-state index >= 15 is 0 Å². The lowest BCUT2D eigenvalue weighted by molar-refractivity contribution is -0.142. The number of carboxylic acid groups (broad SMARTS) is 1. The van der Waals surface area contributed by atoms with Crippen LogP contribution in [0, 0.1) is 5.92 Å². The number of hydrogen-bond acceptors (Lipinski definition) is 4. The molecule has 2 amide bonds. The Balaban J connectivity index is 2.85. The van der Waals surface area contributed by atoms with Crippen molar-refractivity contribution in [3.63, 3.8) is 0 Å². The lowest BCUT2D eigenvalue weighted by Gasteiger charge is -2.21. The minimum absolute atomic E-state index is 0.0305. The number of carbonyl (C=O) groups is 3. The van der Waals surface area contributed by atoms with Gasteiger partial charge in [0.1, 0.15) is 6.04 Å². The number of benzene rings is 1. The maximum Gasteiger partial charge on any atom is 0.326 e. The zero-order valence-corrected chi connectivity index (χ0v) is 16.6. The molecule has 0 spiro atoms. The predicted molar refractivity (Wildman–Crippen MR) is 104 cm³/mol. The van der Waals surface area contributed by atoms with Gasteiger partial charge in [-0.15, -0.1) is 0 Å². The van der Waals surface area contributed by atoms with Gasteiger partial charge >= 0.3 is 5.97 Å². The molecular weight excluding hydrogens is 370 g/mol. The van der Waals surface area contributed by atoms with Gasteiger partial charge in [0.05, 0.1) is 6.04 Å². The molecular formula is C19H28ClN3O4. The summed E-state index contributed by atoms with van der Waals surface area (Å²) in [6.07, 6.45) is 0.372. The Morgan fingerprint density at radius 2 is 1.74 bits per heavy atom. The zero-order chi connectivity index (χ0) is 20.6. The number of rotatable bonds is 10. The highest BCUT2D eigenvalue weighted by molar-refractivity contribution is 6.30. The maximum atomic E-state index is 12.4. The Morgan fingerprint density at radius 3 is 2.22 bits per heavy atom. The summed E-state index contributed by atoms with van der Waals surface area (Å²) in [5, 5.41) is 15.1. The summed E-state index contributed by atoms with van der Waals surface area (Å²) < 4.78 is 0. The van der Waals surface area contributed by atoms with Crippen molar-refractivity contribution in [3.05, 3.63) is 34.9 Å². The number of amides is 2. The van der Waals surface area contributed by atoms with Crippen LogP contribution in [-0.4, -0.2) is 41.5 Å².